The number of fused-ring (bicyclic) bond motifs is 2. The zero-order valence-corrected chi connectivity index (χ0v) is 19.1. The summed E-state index contributed by atoms with van der Waals surface area (Å²) in [4.78, 5) is 13.0. The van der Waals surface area contributed by atoms with Crippen LogP contribution in [0.2, 0.25) is 0 Å². The third-order valence-corrected chi connectivity index (χ3v) is 7.35. The minimum atomic E-state index is -4.08. The maximum absolute atomic E-state index is 15.0. The highest BCUT2D eigenvalue weighted by Crippen LogP contribution is 2.41. The molecule has 1 N–H and O–H groups in total. The van der Waals surface area contributed by atoms with Crippen molar-refractivity contribution >= 4 is 21.0 Å². The fourth-order valence-corrected chi connectivity index (χ4v) is 5.00. The number of imidazole rings is 1. The lowest BCUT2D eigenvalue weighted by Gasteiger charge is -2.19. The average molecular weight is 550 g/mol. The number of nitrogens with one attached hydrogen (secondary N) is 1. The lowest BCUT2D eigenvalue weighted by molar-refractivity contribution is -0.0248. The number of hydrogen-bond acceptors (Lipinski definition) is 5. The number of alkyl halides is 2. The molecule has 0 radical (unpaired) electrons. The summed E-state index contributed by atoms with van der Waals surface area (Å²) in [5.74, 6) is -13.1. The molecule has 0 amide bonds. The molecule has 3 heterocycles. The first-order valence-corrected chi connectivity index (χ1v) is 12.0. The lowest BCUT2D eigenvalue weighted by atomic mass is 9.99. The minimum absolute atomic E-state index is 0.207. The standard InChI is InChI=1S/C21H13F7N4O4S/c1-2-37(34,35)30-13-6-31-14(21(13,27)28)7-32(20(31)33)19-16-12(36-29-19)5-11(25)18(26)17(16)15-9(23)3-8(22)4-10(15)24/h3-5,7,13,30H,2,6H2,1H3/t13-/m1/s1. The fraction of sp³-hybridized carbons (Fsp3) is 0.238. The van der Waals surface area contributed by atoms with Crippen molar-refractivity contribution in [2.45, 2.75) is 25.4 Å². The summed E-state index contributed by atoms with van der Waals surface area (Å²) in [6.07, 6.45) is 0.572. The van der Waals surface area contributed by atoms with E-state index in [1.165, 1.54) is 6.92 Å². The van der Waals surface area contributed by atoms with Crippen LogP contribution in [0.3, 0.4) is 0 Å². The van der Waals surface area contributed by atoms with Gasteiger partial charge in [-0.2, -0.15) is 8.78 Å². The Hall–Kier alpha value is -3.66. The van der Waals surface area contributed by atoms with Crippen molar-refractivity contribution in [2.24, 2.45) is 0 Å². The Bertz CT molecular complexity index is 1740. The quantitative estimate of drug-likeness (QED) is 0.384. The Kier molecular flexibility index (Phi) is 5.52. The van der Waals surface area contributed by atoms with Crippen molar-refractivity contribution in [3.05, 3.63) is 69.7 Å². The first-order chi connectivity index (χ1) is 17.3. The number of benzene rings is 2. The van der Waals surface area contributed by atoms with Gasteiger partial charge >= 0.3 is 11.6 Å². The molecule has 0 saturated heterocycles. The molecule has 196 valence electrons. The van der Waals surface area contributed by atoms with Gasteiger partial charge in [-0.25, -0.2) is 44.5 Å². The molecule has 8 nitrogen and oxygen atoms in total. The number of rotatable bonds is 5. The normalized spacial score (nSPS) is 17.0. The molecule has 16 heteroatoms. The first kappa shape index (κ1) is 25.0. The molecule has 0 saturated carbocycles. The van der Waals surface area contributed by atoms with E-state index in [-0.39, 0.29) is 12.1 Å². The van der Waals surface area contributed by atoms with Crippen LogP contribution in [-0.2, 0) is 22.5 Å². The van der Waals surface area contributed by atoms with Gasteiger partial charge in [0.2, 0.25) is 10.0 Å². The molecule has 5 rings (SSSR count). The van der Waals surface area contributed by atoms with Crippen molar-refractivity contribution in [1.29, 1.82) is 0 Å². The Morgan fingerprint density at radius 3 is 2.32 bits per heavy atom. The molecule has 0 bridgehead atoms. The second-order valence-electron chi connectivity index (χ2n) is 8.15. The van der Waals surface area contributed by atoms with Gasteiger partial charge < -0.3 is 4.52 Å². The number of hydrogen-bond donors (Lipinski definition) is 1. The van der Waals surface area contributed by atoms with Crippen LogP contribution in [0.4, 0.5) is 30.7 Å². The third-order valence-electron chi connectivity index (χ3n) is 5.95. The smallest absolute Gasteiger partial charge is 0.334 e. The van der Waals surface area contributed by atoms with Gasteiger partial charge in [0, 0.05) is 30.0 Å². The van der Waals surface area contributed by atoms with Crippen LogP contribution in [0.1, 0.15) is 12.6 Å². The Morgan fingerprint density at radius 1 is 1.08 bits per heavy atom. The molecule has 37 heavy (non-hydrogen) atoms. The molecule has 4 aromatic rings. The molecule has 2 aromatic carbocycles. The summed E-state index contributed by atoms with van der Waals surface area (Å²) < 4.78 is 133. The van der Waals surface area contributed by atoms with Crippen molar-refractivity contribution in [1.82, 2.24) is 19.0 Å². The molecular formula is C21H13F7N4O4S. The molecule has 1 atom stereocenters. The van der Waals surface area contributed by atoms with Gasteiger partial charge in [-0.05, 0) is 6.92 Å². The fourth-order valence-electron chi connectivity index (χ4n) is 4.18. The number of sulfonamides is 1. The number of nitrogens with zero attached hydrogens (tertiary/aromatic N) is 3. The number of halogens is 7. The van der Waals surface area contributed by atoms with Crippen molar-refractivity contribution in [2.75, 3.05) is 5.75 Å². The second-order valence-corrected chi connectivity index (χ2v) is 10.2. The van der Waals surface area contributed by atoms with Gasteiger partial charge in [0.15, 0.2) is 23.0 Å². The summed E-state index contributed by atoms with van der Waals surface area (Å²) in [5.41, 5.74) is -5.10. The summed E-state index contributed by atoms with van der Waals surface area (Å²) in [6, 6.07) is -1.12. The predicted octanol–water partition coefficient (Wildman–Crippen LogP) is 3.56. The van der Waals surface area contributed by atoms with Crippen LogP contribution in [0.25, 0.3) is 27.9 Å². The highest BCUT2D eigenvalue weighted by molar-refractivity contribution is 7.89. The summed E-state index contributed by atoms with van der Waals surface area (Å²) in [5, 5.41) is 2.82. The molecular weight excluding hydrogens is 537 g/mol. The SMILES string of the molecule is CCS(=O)(=O)N[C@@H]1Cn2c(cn(-c3noc4cc(F)c(F)c(-c5c(F)cc(F)cc5F)c34)c2=O)C1(F)F. The van der Waals surface area contributed by atoms with Crippen LogP contribution in [-0.4, -0.2) is 34.5 Å². The Morgan fingerprint density at radius 2 is 1.73 bits per heavy atom. The van der Waals surface area contributed by atoms with Gasteiger partial charge in [0.25, 0.3) is 0 Å². The highest BCUT2D eigenvalue weighted by Gasteiger charge is 2.52. The minimum Gasteiger partial charge on any atom is -0.354 e. The summed E-state index contributed by atoms with van der Waals surface area (Å²) >= 11 is 0. The Labute approximate surface area is 201 Å². The van der Waals surface area contributed by atoms with E-state index in [2.05, 4.69) is 5.16 Å². The molecule has 2 aromatic heterocycles. The van der Waals surface area contributed by atoms with E-state index >= 15 is 8.78 Å². The van der Waals surface area contributed by atoms with Crippen LogP contribution in [0.5, 0.6) is 0 Å². The van der Waals surface area contributed by atoms with Crippen molar-refractivity contribution < 1.29 is 43.7 Å². The maximum Gasteiger partial charge on any atom is 0.334 e. The van der Waals surface area contributed by atoms with Crippen molar-refractivity contribution in [3.8, 4) is 16.9 Å². The van der Waals surface area contributed by atoms with Gasteiger partial charge in [-0.1, -0.05) is 5.16 Å². The predicted molar refractivity (Wildman–Crippen MR) is 113 cm³/mol. The largest absolute Gasteiger partial charge is 0.354 e. The summed E-state index contributed by atoms with van der Waals surface area (Å²) in [7, 11) is -4.08. The van der Waals surface area contributed by atoms with Crippen LogP contribution in [0.15, 0.2) is 33.7 Å². The molecule has 0 unspecified atom stereocenters. The van der Waals surface area contributed by atoms with Gasteiger partial charge in [-0.15, -0.1) is 0 Å². The van der Waals surface area contributed by atoms with Crippen LogP contribution >= 0.6 is 0 Å². The molecule has 0 spiro atoms. The van der Waals surface area contributed by atoms with E-state index in [4.69, 9.17) is 4.52 Å². The monoisotopic (exact) mass is 550 g/mol. The number of aromatic nitrogens is 3. The Balaban J connectivity index is 1.73. The first-order valence-electron chi connectivity index (χ1n) is 10.4. The van der Waals surface area contributed by atoms with E-state index in [1.54, 1.807) is 0 Å². The second kappa shape index (κ2) is 8.17. The van der Waals surface area contributed by atoms with Gasteiger partial charge in [0.1, 0.15) is 29.2 Å². The maximum atomic E-state index is 15.0. The average Bonchev–Trinajstić information content (AvgIpc) is 3.42. The topological polar surface area (TPSA) is 99.1 Å². The van der Waals surface area contributed by atoms with E-state index in [9.17, 15) is 35.2 Å². The van der Waals surface area contributed by atoms with Gasteiger partial charge in [0.05, 0.1) is 23.2 Å². The highest BCUT2D eigenvalue weighted by atomic mass is 32.2. The molecule has 1 aliphatic rings. The molecule has 0 aliphatic carbocycles. The van der Waals surface area contributed by atoms with Crippen molar-refractivity contribution in [3.63, 3.8) is 0 Å². The lowest BCUT2D eigenvalue weighted by Crippen LogP contribution is -2.45. The van der Waals surface area contributed by atoms with Crippen LogP contribution < -0.4 is 10.4 Å². The molecule has 0 fully saturated rings. The van der Waals surface area contributed by atoms with Gasteiger partial charge in [-0.3, -0.25) is 4.57 Å². The van der Waals surface area contributed by atoms with Crippen LogP contribution in [0, 0.1) is 29.1 Å². The van der Waals surface area contributed by atoms with E-state index in [1.807, 2.05) is 4.72 Å². The van der Waals surface area contributed by atoms with E-state index in [0.29, 0.717) is 21.4 Å². The zero-order valence-electron chi connectivity index (χ0n) is 18.3. The summed E-state index contributed by atoms with van der Waals surface area (Å²) in [6.45, 7) is 0.435. The zero-order chi connectivity index (χ0) is 27.0. The third kappa shape index (κ3) is 3.73. The molecule has 1 aliphatic heterocycles. The van der Waals surface area contributed by atoms with E-state index < -0.39 is 103 Å². The van der Waals surface area contributed by atoms with E-state index in [0.717, 1.165) is 0 Å².